The predicted molar refractivity (Wildman–Crippen MR) is 99.2 cm³/mol. The molecular formula is C20H32N3O3W-. The van der Waals surface area contributed by atoms with Gasteiger partial charge in [0.1, 0.15) is 5.54 Å². The summed E-state index contributed by atoms with van der Waals surface area (Å²) in [4.78, 5) is 39.8. The third-order valence-electron chi connectivity index (χ3n) is 6.45. The van der Waals surface area contributed by atoms with Crippen molar-refractivity contribution in [2.45, 2.75) is 82.3 Å². The van der Waals surface area contributed by atoms with Crippen LogP contribution in [-0.2, 0) is 35.4 Å². The number of fused-ring (bicyclic) bond motifs is 2. The Hall–Kier alpha value is -0.742. The van der Waals surface area contributed by atoms with E-state index in [1.807, 2.05) is 13.5 Å². The zero-order valence-electron chi connectivity index (χ0n) is 16.5. The van der Waals surface area contributed by atoms with Crippen molar-refractivity contribution in [2.24, 2.45) is 5.92 Å². The summed E-state index contributed by atoms with van der Waals surface area (Å²) in [6.07, 6.45) is 10.7. The Morgan fingerprint density at radius 3 is 2.52 bits per heavy atom. The standard InChI is InChI=1S/C20H32N3O3.W/c1-14(24)20-13-15(20)9-6-4-3-5-7-10-16(21-2)19(26)23-12-8-11-17(23)18(25)22-20;/h8,15-17,21H,3-7,9-13H2,1-2H3,(H,22,25);/q-1;/t15?,16-,17-,20-;/m0./s1. The molecule has 1 aliphatic carbocycles. The van der Waals surface area contributed by atoms with Gasteiger partial charge in [0, 0.05) is 21.1 Å². The second kappa shape index (κ2) is 9.64. The SMILES string of the molecule is CN[C@H]1CCCCCCCC2C[C@@]2(C(C)=O)NC(=O)[C@@H]2C[CH-]CN2C1=O.[W]. The smallest absolute Gasteiger partial charge is 0.240 e. The van der Waals surface area contributed by atoms with Gasteiger partial charge in [0.2, 0.25) is 11.8 Å². The molecular weight excluding hydrogens is 514 g/mol. The zero-order valence-corrected chi connectivity index (χ0v) is 19.4. The van der Waals surface area contributed by atoms with Crippen molar-refractivity contribution in [1.29, 1.82) is 0 Å². The Morgan fingerprint density at radius 2 is 1.85 bits per heavy atom. The van der Waals surface area contributed by atoms with E-state index >= 15 is 0 Å². The van der Waals surface area contributed by atoms with Crippen LogP contribution in [0, 0.1) is 12.3 Å². The molecule has 1 saturated carbocycles. The van der Waals surface area contributed by atoms with Crippen LogP contribution < -0.4 is 10.6 Å². The minimum Gasteiger partial charge on any atom is -0.362 e. The van der Waals surface area contributed by atoms with Gasteiger partial charge in [-0.3, -0.25) is 14.4 Å². The van der Waals surface area contributed by atoms with E-state index < -0.39 is 11.6 Å². The van der Waals surface area contributed by atoms with Gasteiger partial charge in [-0.2, -0.15) is 0 Å². The van der Waals surface area contributed by atoms with E-state index in [-0.39, 0.29) is 50.6 Å². The molecule has 1 unspecified atom stereocenters. The minimum atomic E-state index is -0.684. The fourth-order valence-corrected chi connectivity index (χ4v) is 4.63. The van der Waals surface area contributed by atoms with Crippen LogP contribution in [-0.4, -0.2) is 53.7 Å². The molecule has 7 heteroatoms. The Morgan fingerprint density at radius 1 is 1.19 bits per heavy atom. The monoisotopic (exact) mass is 546 g/mol. The molecule has 3 fully saturated rings. The van der Waals surface area contributed by atoms with Crippen molar-refractivity contribution in [3.05, 3.63) is 6.42 Å². The Bertz CT molecular complexity index is 571. The van der Waals surface area contributed by atoms with Gasteiger partial charge in [-0.05, 0) is 39.2 Å². The molecule has 3 rings (SSSR count). The molecule has 3 aliphatic rings. The quantitative estimate of drug-likeness (QED) is 0.516. The molecule has 2 saturated heterocycles. The average Bonchev–Trinajstić information content (AvgIpc) is 3.09. The molecule has 0 aromatic rings. The van der Waals surface area contributed by atoms with Gasteiger partial charge >= 0.3 is 0 Å². The van der Waals surface area contributed by atoms with Crippen LogP contribution >= 0.6 is 0 Å². The van der Waals surface area contributed by atoms with Crippen LogP contribution in [0.15, 0.2) is 0 Å². The molecule has 2 N–H and O–H groups in total. The fourth-order valence-electron chi connectivity index (χ4n) is 4.63. The summed E-state index contributed by atoms with van der Waals surface area (Å²) in [6, 6.07) is -0.724. The zero-order chi connectivity index (χ0) is 18.7. The van der Waals surface area contributed by atoms with Crippen molar-refractivity contribution in [3.8, 4) is 0 Å². The number of nitrogens with zero attached hydrogens (tertiary/aromatic N) is 1. The summed E-state index contributed by atoms with van der Waals surface area (Å²) in [5, 5.41) is 6.16. The molecule has 0 bridgehead atoms. The van der Waals surface area contributed by atoms with Gasteiger partial charge in [0.05, 0.1) is 12.1 Å². The number of amides is 2. The maximum atomic E-state index is 12.9. The molecule has 2 amide bonds. The summed E-state index contributed by atoms with van der Waals surface area (Å²) in [5.74, 6) is 0.136. The minimum absolute atomic E-state index is 0. The van der Waals surface area contributed by atoms with E-state index in [1.54, 1.807) is 11.8 Å². The van der Waals surface area contributed by atoms with Crippen LogP contribution in [0.1, 0.15) is 64.7 Å². The van der Waals surface area contributed by atoms with Crippen LogP contribution in [0.3, 0.4) is 0 Å². The Balaban J connectivity index is 0.00000261. The van der Waals surface area contributed by atoms with Gasteiger partial charge in [-0.25, -0.2) is 0 Å². The van der Waals surface area contributed by atoms with Crippen molar-refractivity contribution in [2.75, 3.05) is 13.6 Å². The van der Waals surface area contributed by atoms with Gasteiger partial charge in [-0.15, -0.1) is 13.0 Å². The molecule has 152 valence electrons. The van der Waals surface area contributed by atoms with Crippen molar-refractivity contribution in [3.63, 3.8) is 0 Å². The summed E-state index contributed by atoms with van der Waals surface area (Å²) >= 11 is 0. The molecule has 27 heavy (non-hydrogen) atoms. The number of nitrogens with one attached hydrogen (secondary N) is 2. The van der Waals surface area contributed by atoms with Crippen LogP contribution in [0.2, 0.25) is 0 Å². The molecule has 6 nitrogen and oxygen atoms in total. The number of likely N-dealkylation sites (N-methyl/N-ethyl adjacent to an activating group) is 1. The molecule has 0 aromatic heterocycles. The van der Waals surface area contributed by atoms with Gasteiger partial charge in [-0.1, -0.05) is 32.1 Å². The van der Waals surface area contributed by atoms with Gasteiger partial charge in [0.25, 0.3) is 0 Å². The van der Waals surface area contributed by atoms with E-state index in [9.17, 15) is 14.4 Å². The van der Waals surface area contributed by atoms with E-state index in [0.717, 1.165) is 51.4 Å². The average molecular weight is 546 g/mol. The summed E-state index contributed by atoms with van der Waals surface area (Å²) in [6.45, 7) is 2.08. The van der Waals surface area contributed by atoms with Crippen LogP contribution in [0.4, 0.5) is 0 Å². The van der Waals surface area contributed by atoms with E-state index in [4.69, 9.17) is 0 Å². The Labute approximate surface area is 176 Å². The summed E-state index contributed by atoms with van der Waals surface area (Å²) < 4.78 is 0. The molecule has 0 aromatic carbocycles. The number of ketones is 1. The first-order valence-electron chi connectivity index (χ1n) is 10.1. The van der Waals surface area contributed by atoms with Crippen molar-refractivity contribution < 1.29 is 35.4 Å². The van der Waals surface area contributed by atoms with Gasteiger partial charge in [0.15, 0.2) is 5.78 Å². The topological polar surface area (TPSA) is 78.5 Å². The summed E-state index contributed by atoms with van der Waals surface area (Å²) in [7, 11) is 1.81. The van der Waals surface area contributed by atoms with E-state index in [0.29, 0.717) is 13.0 Å². The number of rotatable bonds is 2. The largest absolute Gasteiger partial charge is 0.362 e. The summed E-state index contributed by atoms with van der Waals surface area (Å²) in [5.41, 5.74) is -0.684. The van der Waals surface area contributed by atoms with Crippen molar-refractivity contribution >= 4 is 17.6 Å². The van der Waals surface area contributed by atoms with Crippen LogP contribution in [0.5, 0.6) is 0 Å². The second-order valence-electron chi connectivity index (χ2n) is 8.13. The maximum absolute atomic E-state index is 12.9. The number of hydrogen-bond acceptors (Lipinski definition) is 4. The second-order valence-corrected chi connectivity index (χ2v) is 8.13. The first-order chi connectivity index (χ1) is 12.5. The number of carbonyl (C=O) groups is 3. The third kappa shape index (κ3) is 4.82. The van der Waals surface area contributed by atoms with Crippen LogP contribution in [0.25, 0.3) is 0 Å². The number of carbonyl (C=O) groups excluding carboxylic acids is 3. The van der Waals surface area contributed by atoms with Gasteiger partial charge < -0.3 is 22.0 Å². The normalized spacial score (nSPS) is 35.0. The number of Topliss-reactive ketones (excluding diaryl/α,β-unsaturated/α-hetero) is 1. The van der Waals surface area contributed by atoms with E-state index in [1.165, 1.54) is 0 Å². The molecule has 0 spiro atoms. The van der Waals surface area contributed by atoms with Crippen molar-refractivity contribution in [1.82, 2.24) is 15.5 Å². The maximum Gasteiger partial charge on any atom is 0.240 e. The fraction of sp³-hybridized carbons (Fsp3) is 0.800. The molecule has 0 radical (unpaired) electrons. The number of hydrogen-bond donors (Lipinski definition) is 2. The molecule has 2 heterocycles. The molecule has 2 aliphatic heterocycles. The first-order valence-corrected chi connectivity index (χ1v) is 10.1. The Kier molecular flexibility index (Phi) is 8.05. The predicted octanol–water partition coefficient (Wildman–Crippen LogP) is 1.59. The first kappa shape index (κ1) is 22.5. The van der Waals surface area contributed by atoms with E-state index in [2.05, 4.69) is 10.6 Å². The third-order valence-corrected chi connectivity index (χ3v) is 6.45. The molecule has 4 atom stereocenters.